The maximum absolute atomic E-state index is 5.28. The molecule has 0 amide bonds. The molecule has 0 spiro atoms. The normalized spacial score (nSPS) is 16.2. The fourth-order valence-corrected chi connectivity index (χ4v) is 1.98. The molecule has 0 aromatic carbocycles. The first-order chi connectivity index (χ1) is 7.84. The highest BCUT2D eigenvalue weighted by Crippen LogP contribution is 2.19. The molecule has 1 aliphatic rings. The van der Waals surface area contributed by atoms with Gasteiger partial charge in [0.05, 0.1) is 6.54 Å². The lowest BCUT2D eigenvalue weighted by molar-refractivity contribution is 0.447. The highest BCUT2D eigenvalue weighted by molar-refractivity contribution is 5.05. The molecule has 1 aromatic heterocycles. The van der Waals surface area contributed by atoms with E-state index in [0.29, 0.717) is 18.3 Å². The zero-order valence-corrected chi connectivity index (χ0v) is 9.83. The number of rotatable bonds is 5. The van der Waals surface area contributed by atoms with Gasteiger partial charge in [0.15, 0.2) is 0 Å². The van der Waals surface area contributed by atoms with E-state index < -0.39 is 0 Å². The van der Waals surface area contributed by atoms with Crippen LogP contribution in [-0.2, 0) is 6.54 Å². The molecule has 0 atom stereocenters. The Bertz CT molecular complexity index is 357. The third-order valence-electron chi connectivity index (χ3n) is 2.85. The van der Waals surface area contributed by atoms with E-state index in [0.717, 1.165) is 13.0 Å². The van der Waals surface area contributed by atoms with Crippen LogP contribution in [0, 0.1) is 6.92 Å². The van der Waals surface area contributed by atoms with Crippen LogP contribution in [0.1, 0.15) is 43.9 Å². The van der Waals surface area contributed by atoms with Crippen LogP contribution in [0.15, 0.2) is 16.1 Å². The molecule has 1 aromatic rings. The van der Waals surface area contributed by atoms with Crippen molar-refractivity contribution < 1.29 is 4.42 Å². The number of aromatic nitrogens is 2. The lowest BCUT2D eigenvalue weighted by Crippen LogP contribution is -2.15. The lowest BCUT2D eigenvalue weighted by atomic mass is 9.97. The molecule has 0 saturated carbocycles. The van der Waals surface area contributed by atoms with E-state index in [2.05, 4.69) is 21.6 Å². The third-order valence-corrected chi connectivity index (χ3v) is 2.85. The molecule has 0 unspecified atom stereocenters. The predicted molar refractivity (Wildman–Crippen MR) is 61.9 cm³/mol. The van der Waals surface area contributed by atoms with E-state index in [1.807, 2.05) is 6.92 Å². The number of hydrogen-bond donors (Lipinski definition) is 1. The minimum atomic E-state index is 0.631. The van der Waals surface area contributed by atoms with Gasteiger partial charge in [-0.1, -0.05) is 11.6 Å². The summed E-state index contributed by atoms with van der Waals surface area (Å²) in [5, 5.41) is 11.0. The van der Waals surface area contributed by atoms with Gasteiger partial charge in [0.2, 0.25) is 11.8 Å². The van der Waals surface area contributed by atoms with Crippen molar-refractivity contribution in [2.75, 3.05) is 6.54 Å². The summed E-state index contributed by atoms with van der Waals surface area (Å²) < 4.78 is 5.28. The highest BCUT2D eigenvalue weighted by atomic mass is 16.4. The van der Waals surface area contributed by atoms with Crippen LogP contribution in [0.5, 0.6) is 0 Å². The van der Waals surface area contributed by atoms with Crippen LogP contribution in [0.2, 0.25) is 0 Å². The van der Waals surface area contributed by atoms with Gasteiger partial charge in [0.1, 0.15) is 0 Å². The summed E-state index contributed by atoms with van der Waals surface area (Å²) >= 11 is 0. The minimum Gasteiger partial charge on any atom is -0.424 e. The first-order valence-corrected chi connectivity index (χ1v) is 6.02. The van der Waals surface area contributed by atoms with E-state index in [9.17, 15) is 0 Å². The summed E-state index contributed by atoms with van der Waals surface area (Å²) in [5.41, 5.74) is 1.60. The molecule has 1 aliphatic carbocycles. The van der Waals surface area contributed by atoms with Crippen LogP contribution >= 0.6 is 0 Å². The van der Waals surface area contributed by atoms with Crippen molar-refractivity contribution in [3.05, 3.63) is 23.4 Å². The van der Waals surface area contributed by atoms with Gasteiger partial charge in [-0.3, -0.25) is 0 Å². The van der Waals surface area contributed by atoms with Crippen molar-refractivity contribution >= 4 is 0 Å². The van der Waals surface area contributed by atoms with Gasteiger partial charge in [-0.25, -0.2) is 0 Å². The lowest BCUT2D eigenvalue weighted by Gasteiger charge is -2.12. The summed E-state index contributed by atoms with van der Waals surface area (Å²) in [6.07, 6.45) is 8.79. The first-order valence-electron chi connectivity index (χ1n) is 6.02. The maximum Gasteiger partial charge on any atom is 0.230 e. The largest absolute Gasteiger partial charge is 0.424 e. The Morgan fingerprint density at radius 3 is 3.00 bits per heavy atom. The molecule has 0 aliphatic heterocycles. The Kier molecular flexibility index (Phi) is 4.10. The number of nitrogens with zero attached hydrogens (tertiary/aromatic N) is 2. The van der Waals surface area contributed by atoms with Crippen LogP contribution in [0.3, 0.4) is 0 Å². The summed E-state index contributed by atoms with van der Waals surface area (Å²) in [4.78, 5) is 0. The Labute approximate surface area is 96.1 Å². The predicted octanol–water partition coefficient (Wildman–Crippen LogP) is 2.36. The molecular weight excluding hydrogens is 202 g/mol. The fourth-order valence-electron chi connectivity index (χ4n) is 1.98. The fraction of sp³-hybridized carbons (Fsp3) is 0.667. The van der Waals surface area contributed by atoms with Crippen molar-refractivity contribution in [1.29, 1.82) is 0 Å². The topological polar surface area (TPSA) is 51.0 Å². The second-order valence-corrected chi connectivity index (χ2v) is 4.25. The van der Waals surface area contributed by atoms with Crippen molar-refractivity contribution in [2.24, 2.45) is 0 Å². The summed E-state index contributed by atoms with van der Waals surface area (Å²) in [6.45, 7) is 3.48. The molecule has 4 nitrogen and oxygen atoms in total. The van der Waals surface area contributed by atoms with Gasteiger partial charge < -0.3 is 9.73 Å². The number of nitrogens with one attached hydrogen (secondary N) is 1. The average Bonchev–Trinajstić information content (AvgIpc) is 2.72. The number of allylic oxidation sites excluding steroid dienone is 1. The molecule has 0 saturated heterocycles. The van der Waals surface area contributed by atoms with E-state index in [1.165, 1.54) is 25.7 Å². The summed E-state index contributed by atoms with van der Waals surface area (Å²) in [5.74, 6) is 1.31. The minimum absolute atomic E-state index is 0.631. The molecule has 1 N–H and O–H groups in total. The smallest absolute Gasteiger partial charge is 0.230 e. The van der Waals surface area contributed by atoms with Gasteiger partial charge in [0, 0.05) is 6.92 Å². The Hall–Kier alpha value is -1.16. The SMILES string of the molecule is Cc1nnc(CNCCC2=CCCCC2)o1. The van der Waals surface area contributed by atoms with Gasteiger partial charge in [-0.05, 0) is 38.6 Å². The number of aryl methyl sites for hydroxylation is 1. The third kappa shape index (κ3) is 3.45. The van der Waals surface area contributed by atoms with Gasteiger partial charge in [-0.2, -0.15) is 0 Å². The van der Waals surface area contributed by atoms with Gasteiger partial charge >= 0.3 is 0 Å². The molecule has 0 bridgehead atoms. The maximum atomic E-state index is 5.28. The van der Waals surface area contributed by atoms with Crippen molar-refractivity contribution in [1.82, 2.24) is 15.5 Å². The molecule has 2 rings (SSSR count). The van der Waals surface area contributed by atoms with E-state index in [-0.39, 0.29) is 0 Å². The van der Waals surface area contributed by atoms with E-state index in [1.54, 1.807) is 5.57 Å². The molecule has 16 heavy (non-hydrogen) atoms. The summed E-state index contributed by atoms with van der Waals surface area (Å²) in [7, 11) is 0. The van der Waals surface area contributed by atoms with Crippen molar-refractivity contribution in [3.63, 3.8) is 0 Å². The molecule has 1 heterocycles. The van der Waals surface area contributed by atoms with Crippen LogP contribution in [-0.4, -0.2) is 16.7 Å². The van der Waals surface area contributed by atoms with E-state index in [4.69, 9.17) is 4.42 Å². The average molecular weight is 221 g/mol. The number of hydrogen-bond acceptors (Lipinski definition) is 4. The Morgan fingerprint density at radius 1 is 1.38 bits per heavy atom. The Balaban J connectivity index is 1.63. The second-order valence-electron chi connectivity index (χ2n) is 4.25. The molecule has 88 valence electrons. The van der Waals surface area contributed by atoms with Crippen molar-refractivity contribution in [3.8, 4) is 0 Å². The highest BCUT2D eigenvalue weighted by Gasteiger charge is 2.04. The molecule has 0 fully saturated rings. The van der Waals surface area contributed by atoms with Gasteiger partial charge in [0.25, 0.3) is 0 Å². The van der Waals surface area contributed by atoms with Crippen molar-refractivity contribution in [2.45, 2.75) is 45.6 Å². The zero-order chi connectivity index (χ0) is 11.2. The molecule has 4 heteroatoms. The summed E-state index contributed by atoms with van der Waals surface area (Å²) in [6, 6.07) is 0. The quantitative estimate of drug-likeness (QED) is 0.612. The van der Waals surface area contributed by atoms with Crippen LogP contribution < -0.4 is 5.32 Å². The second kappa shape index (κ2) is 5.80. The Morgan fingerprint density at radius 2 is 2.31 bits per heavy atom. The zero-order valence-electron chi connectivity index (χ0n) is 9.83. The standard InChI is InChI=1S/C12H19N3O/c1-10-14-15-12(16-10)9-13-8-7-11-5-3-2-4-6-11/h5,13H,2-4,6-9H2,1H3. The van der Waals surface area contributed by atoms with Crippen LogP contribution in [0.4, 0.5) is 0 Å². The molecule has 0 radical (unpaired) electrons. The van der Waals surface area contributed by atoms with Crippen LogP contribution in [0.25, 0.3) is 0 Å². The van der Waals surface area contributed by atoms with Gasteiger partial charge in [-0.15, -0.1) is 10.2 Å². The first kappa shape index (κ1) is 11.3. The monoisotopic (exact) mass is 221 g/mol. The van der Waals surface area contributed by atoms with E-state index >= 15 is 0 Å². The molecular formula is C12H19N3O.